The highest BCUT2D eigenvalue weighted by Gasteiger charge is 2.15. The quantitative estimate of drug-likeness (QED) is 0.731. The molecule has 1 fully saturated rings. The predicted molar refractivity (Wildman–Crippen MR) is 72.4 cm³/mol. The van der Waals surface area contributed by atoms with Crippen LogP contribution in [0.25, 0.3) is 0 Å². The van der Waals surface area contributed by atoms with E-state index < -0.39 is 0 Å². The van der Waals surface area contributed by atoms with Crippen molar-refractivity contribution in [2.75, 3.05) is 31.9 Å². The standard InChI is InChI=1S/C13H22N4O/c1-10(9-17-4-2-3-5-17)7-16-13(18)12-6-11(14)8-15-12/h6,8,10,15H,2-5,7,9,14H2,1H3,(H,16,18). The van der Waals surface area contributed by atoms with E-state index in [1.807, 2.05) is 0 Å². The van der Waals surface area contributed by atoms with Crippen molar-refractivity contribution >= 4 is 11.6 Å². The molecule has 0 saturated carbocycles. The maximum atomic E-state index is 11.8. The fourth-order valence-corrected chi connectivity index (χ4v) is 2.37. The van der Waals surface area contributed by atoms with Crippen molar-refractivity contribution in [3.63, 3.8) is 0 Å². The zero-order valence-corrected chi connectivity index (χ0v) is 10.9. The minimum atomic E-state index is -0.0834. The van der Waals surface area contributed by atoms with Gasteiger partial charge in [0, 0.05) is 25.0 Å². The SMILES string of the molecule is CC(CNC(=O)c1cc(N)c[nH]1)CN1CCCC1. The molecule has 1 aliphatic heterocycles. The normalized spacial score (nSPS) is 17.8. The van der Waals surface area contributed by atoms with Gasteiger partial charge in [-0.05, 0) is 37.9 Å². The van der Waals surface area contributed by atoms with E-state index in [0.717, 1.165) is 6.54 Å². The van der Waals surface area contributed by atoms with Gasteiger partial charge in [-0.25, -0.2) is 0 Å². The number of hydrogen-bond donors (Lipinski definition) is 3. The molecule has 100 valence electrons. The highest BCUT2D eigenvalue weighted by Crippen LogP contribution is 2.10. The van der Waals surface area contributed by atoms with Gasteiger partial charge in [0.1, 0.15) is 5.69 Å². The summed E-state index contributed by atoms with van der Waals surface area (Å²) in [5, 5.41) is 2.93. The third-order valence-corrected chi connectivity index (χ3v) is 3.33. The first-order valence-corrected chi connectivity index (χ1v) is 6.59. The summed E-state index contributed by atoms with van der Waals surface area (Å²) in [5.41, 5.74) is 6.68. The average molecular weight is 250 g/mol. The molecule has 1 aromatic rings. The highest BCUT2D eigenvalue weighted by molar-refractivity contribution is 5.93. The summed E-state index contributed by atoms with van der Waals surface area (Å²) < 4.78 is 0. The van der Waals surface area contributed by atoms with Crippen LogP contribution >= 0.6 is 0 Å². The third kappa shape index (κ3) is 3.50. The van der Waals surface area contributed by atoms with Gasteiger partial charge < -0.3 is 20.9 Å². The number of aromatic nitrogens is 1. The van der Waals surface area contributed by atoms with E-state index >= 15 is 0 Å². The summed E-state index contributed by atoms with van der Waals surface area (Å²) in [6.45, 7) is 6.33. The zero-order valence-electron chi connectivity index (χ0n) is 10.9. The number of carbonyl (C=O) groups excluding carboxylic acids is 1. The van der Waals surface area contributed by atoms with Crippen molar-refractivity contribution in [3.05, 3.63) is 18.0 Å². The smallest absolute Gasteiger partial charge is 0.267 e. The average Bonchev–Trinajstić information content (AvgIpc) is 2.97. The molecule has 0 aromatic carbocycles. The largest absolute Gasteiger partial charge is 0.397 e. The van der Waals surface area contributed by atoms with E-state index in [2.05, 4.69) is 22.1 Å². The molecule has 4 N–H and O–H groups in total. The molecule has 2 heterocycles. The summed E-state index contributed by atoms with van der Waals surface area (Å²) in [5.74, 6) is 0.388. The summed E-state index contributed by atoms with van der Waals surface area (Å²) >= 11 is 0. The fourth-order valence-electron chi connectivity index (χ4n) is 2.37. The first-order valence-electron chi connectivity index (χ1n) is 6.59. The Morgan fingerprint density at radius 1 is 1.56 bits per heavy atom. The molecule has 1 saturated heterocycles. The van der Waals surface area contributed by atoms with Crippen molar-refractivity contribution < 1.29 is 4.79 Å². The molecule has 1 aromatic heterocycles. The van der Waals surface area contributed by atoms with Crippen molar-refractivity contribution in [2.24, 2.45) is 5.92 Å². The Morgan fingerprint density at radius 2 is 2.28 bits per heavy atom. The van der Waals surface area contributed by atoms with Crippen LogP contribution in [0.4, 0.5) is 5.69 Å². The maximum Gasteiger partial charge on any atom is 0.267 e. The molecule has 0 spiro atoms. The third-order valence-electron chi connectivity index (χ3n) is 3.33. The number of anilines is 1. The lowest BCUT2D eigenvalue weighted by Gasteiger charge is -2.20. The number of nitrogens with two attached hydrogens (primary N) is 1. The van der Waals surface area contributed by atoms with E-state index in [1.54, 1.807) is 12.3 Å². The van der Waals surface area contributed by atoms with Crippen LogP contribution in [0.2, 0.25) is 0 Å². The minimum Gasteiger partial charge on any atom is -0.397 e. The van der Waals surface area contributed by atoms with Gasteiger partial charge in [0.05, 0.1) is 0 Å². The maximum absolute atomic E-state index is 11.8. The van der Waals surface area contributed by atoms with Crippen LogP contribution < -0.4 is 11.1 Å². The molecule has 1 unspecified atom stereocenters. The van der Waals surface area contributed by atoms with Gasteiger partial charge in [0.2, 0.25) is 0 Å². The van der Waals surface area contributed by atoms with E-state index in [1.165, 1.54) is 25.9 Å². The number of amides is 1. The monoisotopic (exact) mass is 250 g/mol. The summed E-state index contributed by atoms with van der Waals surface area (Å²) in [4.78, 5) is 17.1. The second-order valence-electron chi connectivity index (χ2n) is 5.17. The lowest BCUT2D eigenvalue weighted by molar-refractivity contribution is 0.0940. The molecular weight excluding hydrogens is 228 g/mol. The number of nitrogens with zero attached hydrogens (tertiary/aromatic N) is 1. The first kappa shape index (κ1) is 13.0. The predicted octanol–water partition coefficient (Wildman–Crippen LogP) is 1.06. The van der Waals surface area contributed by atoms with Gasteiger partial charge in [-0.2, -0.15) is 0 Å². The van der Waals surface area contributed by atoms with Crippen LogP contribution in [0.15, 0.2) is 12.3 Å². The lowest BCUT2D eigenvalue weighted by Crippen LogP contribution is -2.34. The minimum absolute atomic E-state index is 0.0834. The highest BCUT2D eigenvalue weighted by atomic mass is 16.1. The Hall–Kier alpha value is -1.49. The molecule has 5 heteroatoms. The molecule has 1 atom stereocenters. The molecule has 0 radical (unpaired) electrons. The Bertz CT molecular complexity index is 395. The zero-order chi connectivity index (χ0) is 13.0. The van der Waals surface area contributed by atoms with Crippen LogP contribution in [-0.2, 0) is 0 Å². The van der Waals surface area contributed by atoms with E-state index in [0.29, 0.717) is 23.8 Å². The van der Waals surface area contributed by atoms with Gasteiger partial charge in [-0.1, -0.05) is 6.92 Å². The van der Waals surface area contributed by atoms with Gasteiger partial charge in [-0.15, -0.1) is 0 Å². The van der Waals surface area contributed by atoms with Crippen molar-refractivity contribution in [3.8, 4) is 0 Å². The molecule has 2 rings (SSSR count). The van der Waals surface area contributed by atoms with E-state index in [-0.39, 0.29) is 5.91 Å². The topological polar surface area (TPSA) is 74.1 Å². The Morgan fingerprint density at radius 3 is 2.89 bits per heavy atom. The number of H-pyrrole nitrogens is 1. The first-order chi connectivity index (χ1) is 8.65. The lowest BCUT2D eigenvalue weighted by atomic mass is 10.1. The van der Waals surface area contributed by atoms with Crippen LogP contribution in [0, 0.1) is 5.92 Å². The van der Waals surface area contributed by atoms with Crippen LogP contribution in [-0.4, -0.2) is 42.0 Å². The molecule has 5 nitrogen and oxygen atoms in total. The van der Waals surface area contributed by atoms with Crippen LogP contribution in [0.3, 0.4) is 0 Å². The summed E-state index contributed by atoms with van der Waals surface area (Å²) in [6, 6.07) is 1.65. The number of carbonyl (C=O) groups is 1. The molecule has 18 heavy (non-hydrogen) atoms. The summed E-state index contributed by atoms with van der Waals surface area (Å²) in [6.07, 6.45) is 4.24. The molecule has 0 aliphatic carbocycles. The summed E-state index contributed by atoms with van der Waals surface area (Å²) in [7, 11) is 0. The van der Waals surface area contributed by atoms with Gasteiger partial charge in [-0.3, -0.25) is 4.79 Å². The number of likely N-dealkylation sites (tertiary alicyclic amines) is 1. The molecular formula is C13H22N4O. The fraction of sp³-hybridized carbons (Fsp3) is 0.615. The Labute approximate surface area is 108 Å². The van der Waals surface area contributed by atoms with Gasteiger partial charge >= 0.3 is 0 Å². The van der Waals surface area contributed by atoms with Crippen LogP contribution in [0.5, 0.6) is 0 Å². The number of nitrogen functional groups attached to an aromatic ring is 1. The number of aromatic amines is 1. The van der Waals surface area contributed by atoms with Gasteiger partial charge in [0.25, 0.3) is 5.91 Å². The number of nitrogens with one attached hydrogen (secondary N) is 2. The van der Waals surface area contributed by atoms with Crippen molar-refractivity contribution in [1.29, 1.82) is 0 Å². The second kappa shape index (κ2) is 5.91. The van der Waals surface area contributed by atoms with E-state index in [4.69, 9.17) is 5.73 Å². The Kier molecular flexibility index (Phi) is 4.25. The van der Waals surface area contributed by atoms with Crippen LogP contribution in [0.1, 0.15) is 30.3 Å². The Balaban J connectivity index is 1.71. The molecule has 0 bridgehead atoms. The number of rotatable bonds is 5. The van der Waals surface area contributed by atoms with Gasteiger partial charge in [0.15, 0.2) is 0 Å². The van der Waals surface area contributed by atoms with E-state index in [9.17, 15) is 4.79 Å². The molecule has 1 amide bonds. The van der Waals surface area contributed by atoms with Crippen molar-refractivity contribution in [2.45, 2.75) is 19.8 Å². The molecule has 1 aliphatic rings. The second-order valence-corrected chi connectivity index (χ2v) is 5.17. The van der Waals surface area contributed by atoms with Crippen molar-refractivity contribution in [1.82, 2.24) is 15.2 Å². The number of hydrogen-bond acceptors (Lipinski definition) is 3.